The van der Waals surface area contributed by atoms with Crippen LogP contribution in [0.15, 0.2) is 41.1 Å². The van der Waals surface area contributed by atoms with Gasteiger partial charge in [0.25, 0.3) is 0 Å². The third-order valence-electron chi connectivity index (χ3n) is 4.79. The van der Waals surface area contributed by atoms with E-state index < -0.39 is 6.02 Å². The summed E-state index contributed by atoms with van der Waals surface area (Å²) in [7, 11) is 0. The SMILES string of the molecule is [2H]C(C)(C)N1C=CN(c2c(C)ccc3c2oc2nc(C)ccc23)C1C. The number of benzene rings is 1. The van der Waals surface area contributed by atoms with Crippen LogP contribution in [0.3, 0.4) is 0 Å². The van der Waals surface area contributed by atoms with Gasteiger partial charge in [0, 0.05) is 34.9 Å². The van der Waals surface area contributed by atoms with Gasteiger partial charge in [-0.2, -0.15) is 0 Å². The lowest BCUT2D eigenvalue weighted by Crippen LogP contribution is -2.39. The molecular formula is C20H23N3O. The van der Waals surface area contributed by atoms with Crippen molar-refractivity contribution in [2.75, 3.05) is 4.90 Å². The van der Waals surface area contributed by atoms with Crippen LogP contribution >= 0.6 is 0 Å². The van der Waals surface area contributed by atoms with Gasteiger partial charge in [0.1, 0.15) is 6.17 Å². The molecule has 4 rings (SSSR count). The summed E-state index contributed by atoms with van der Waals surface area (Å²) in [5.74, 6) is 0. The van der Waals surface area contributed by atoms with E-state index in [-0.39, 0.29) is 6.17 Å². The summed E-state index contributed by atoms with van der Waals surface area (Å²) >= 11 is 0. The van der Waals surface area contributed by atoms with Crippen molar-refractivity contribution in [2.45, 2.75) is 46.8 Å². The van der Waals surface area contributed by atoms with E-state index in [1.54, 1.807) is 0 Å². The zero-order chi connectivity index (χ0) is 17.9. The average molecular weight is 322 g/mol. The van der Waals surface area contributed by atoms with Gasteiger partial charge in [0.15, 0.2) is 5.58 Å². The second-order valence-electron chi connectivity index (χ2n) is 6.71. The van der Waals surface area contributed by atoms with E-state index in [1.807, 2.05) is 44.1 Å². The number of anilines is 1. The summed E-state index contributed by atoms with van der Waals surface area (Å²) in [6.07, 6.45) is 4.06. The molecule has 0 spiro atoms. The predicted octanol–water partition coefficient (Wildman–Crippen LogP) is 4.95. The molecule has 0 fully saturated rings. The second-order valence-corrected chi connectivity index (χ2v) is 6.71. The smallest absolute Gasteiger partial charge is 0.227 e. The molecule has 2 aromatic heterocycles. The Morgan fingerprint density at radius 2 is 1.88 bits per heavy atom. The quantitative estimate of drug-likeness (QED) is 0.668. The lowest BCUT2D eigenvalue weighted by Gasteiger charge is -2.33. The fourth-order valence-electron chi connectivity index (χ4n) is 3.53. The molecule has 0 saturated carbocycles. The van der Waals surface area contributed by atoms with E-state index in [4.69, 9.17) is 5.79 Å². The number of furan rings is 1. The normalized spacial score (nSPS) is 18.9. The Morgan fingerprint density at radius 1 is 1.12 bits per heavy atom. The first-order chi connectivity index (χ1) is 11.8. The van der Waals surface area contributed by atoms with E-state index >= 15 is 0 Å². The number of hydrogen-bond donors (Lipinski definition) is 0. The molecular weight excluding hydrogens is 298 g/mol. The summed E-state index contributed by atoms with van der Waals surface area (Å²) in [6.45, 7) is 9.98. The summed E-state index contributed by atoms with van der Waals surface area (Å²) in [5, 5.41) is 2.11. The van der Waals surface area contributed by atoms with Gasteiger partial charge in [-0.3, -0.25) is 0 Å². The van der Waals surface area contributed by atoms with Gasteiger partial charge in [-0.05, 0) is 52.3 Å². The van der Waals surface area contributed by atoms with Crippen LogP contribution in [0.2, 0.25) is 0 Å². The molecule has 1 aliphatic rings. The Balaban J connectivity index is 1.92. The molecule has 0 N–H and O–H groups in total. The topological polar surface area (TPSA) is 32.5 Å². The molecule has 0 bridgehead atoms. The highest BCUT2D eigenvalue weighted by Gasteiger charge is 2.28. The minimum absolute atomic E-state index is 0.0414. The zero-order valence-corrected chi connectivity index (χ0v) is 14.8. The molecule has 24 heavy (non-hydrogen) atoms. The van der Waals surface area contributed by atoms with Crippen LogP contribution in [0.25, 0.3) is 22.1 Å². The number of nitrogens with zero attached hydrogens (tertiary/aromatic N) is 3. The maximum atomic E-state index is 8.35. The molecule has 1 atom stereocenters. The lowest BCUT2D eigenvalue weighted by atomic mass is 10.1. The van der Waals surface area contributed by atoms with Crippen LogP contribution in [0.5, 0.6) is 0 Å². The van der Waals surface area contributed by atoms with Crippen molar-refractivity contribution in [3.63, 3.8) is 0 Å². The average Bonchev–Trinajstić information content (AvgIpc) is 3.07. The molecule has 1 unspecified atom stereocenters. The molecule has 4 nitrogen and oxygen atoms in total. The number of fused-ring (bicyclic) bond motifs is 3. The zero-order valence-electron chi connectivity index (χ0n) is 15.8. The van der Waals surface area contributed by atoms with E-state index in [0.717, 1.165) is 33.3 Å². The molecule has 0 saturated heterocycles. The maximum Gasteiger partial charge on any atom is 0.227 e. The highest BCUT2D eigenvalue weighted by molar-refractivity contribution is 6.08. The maximum absolute atomic E-state index is 8.35. The Hall–Kier alpha value is -2.49. The third-order valence-corrected chi connectivity index (χ3v) is 4.79. The summed E-state index contributed by atoms with van der Waals surface area (Å²) in [5.41, 5.74) is 4.67. The highest BCUT2D eigenvalue weighted by atomic mass is 16.3. The van der Waals surface area contributed by atoms with Crippen molar-refractivity contribution >= 4 is 27.8 Å². The van der Waals surface area contributed by atoms with Crippen molar-refractivity contribution in [2.24, 2.45) is 0 Å². The molecule has 124 valence electrons. The van der Waals surface area contributed by atoms with Crippen molar-refractivity contribution in [1.82, 2.24) is 9.88 Å². The van der Waals surface area contributed by atoms with Crippen LogP contribution < -0.4 is 4.90 Å². The first-order valence-corrected chi connectivity index (χ1v) is 8.32. The summed E-state index contributed by atoms with van der Waals surface area (Å²) in [4.78, 5) is 8.76. The molecule has 0 radical (unpaired) electrons. The van der Waals surface area contributed by atoms with Gasteiger partial charge in [-0.15, -0.1) is 0 Å². The van der Waals surface area contributed by atoms with Crippen LogP contribution in [0.4, 0.5) is 5.69 Å². The molecule has 1 aromatic carbocycles. The van der Waals surface area contributed by atoms with Crippen LogP contribution in [0.1, 0.15) is 33.4 Å². The third kappa shape index (κ3) is 2.09. The van der Waals surface area contributed by atoms with E-state index in [1.165, 1.54) is 0 Å². The van der Waals surface area contributed by atoms with Gasteiger partial charge < -0.3 is 14.2 Å². The monoisotopic (exact) mass is 322 g/mol. The van der Waals surface area contributed by atoms with Gasteiger partial charge in [0.05, 0.1) is 7.06 Å². The Labute approximate surface area is 143 Å². The Morgan fingerprint density at radius 3 is 2.58 bits per heavy atom. The van der Waals surface area contributed by atoms with Crippen LogP contribution in [-0.4, -0.2) is 22.1 Å². The van der Waals surface area contributed by atoms with Gasteiger partial charge in [0.2, 0.25) is 5.71 Å². The minimum atomic E-state index is -0.682. The molecule has 3 heterocycles. The standard InChI is InChI=1S/C20H23N3O/c1-12(2)22-10-11-23(15(22)5)18-13(3)6-8-16-17-9-7-14(4)21-20(17)24-19(16)18/h6-12,15H,1-5H3/i12D. The van der Waals surface area contributed by atoms with Gasteiger partial charge >= 0.3 is 0 Å². The first-order valence-electron chi connectivity index (χ1n) is 8.82. The van der Waals surface area contributed by atoms with Crippen molar-refractivity contribution in [3.8, 4) is 0 Å². The fourth-order valence-corrected chi connectivity index (χ4v) is 3.53. The predicted molar refractivity (Wildman–Crippen MR) is 99.0 cm³/mol. The van der Waals surface area contributed by atoms with E-state index in [0.29, 0.717) is 5.71 Å². The van der Waals surface area contributed by atoms with Gasteiger partial charge in [-0.1, -0.05) is 12.1 Å². The number of aromatic nitrogens is 1. The van der Waals surface area contributed by atoms with E-state index in [2.05, 4.69) is 41.9 Å². The molecule has 0 aliphatic carbocycles. The lowest BCUT2D eigenvalue weighted by molar-refractivity contribution is 0.263. The van der Waals surface area contributed by atoms with Crippen molar-refractivity contribution in [1.29, 1.82) is 0 Å². The fraction of sp³-hybridized carbons (Fsp3) is 0.350. The highest BCUT2D eigenvalue weighted by Crippen LogP contribution is 2.39. The Bertz CT molecular complexity index is 999. The first kappa shape index (κ1) is 13.9. The summed E-state index contributed by atoms with van der Waals surface area (Å²) < 4.78 is 14.5. The largest absolute Gasteiger partial charge is 0.435 e. The molecule has 4 heteroatoms. The van der Waals surface area contributed by atoms with Gasteiger partial charge in [-0.25, -0.2) is 4.98 Å². The van der Waals surface area contributed by atoms with Crippen LogP contribution in [-0.2, 0) is 0 Å². The molecule has 1 aliphatic heterocycles. The minimum Gasteiger partial charge on any atom is -0.435 e. The summed E-state index contributed by atoms with van der Waals surface area (Å²) in [6, 6.07) is 7.64. The van der Waals surface area contributed by atoms with E-state index in [9.17, 15) is 0 Å². The number of hydrogen-bond acceptors (Lipinski definition) is 4. The second kappa shape index (κ2) is 5.26. The van der Waals surface area contributed by atoms with Crippen molar-refractivity contribution in [3.05, 3.63) is 47.9 Å². The van der Waals surface area contributed by atoms with Crippen LogP contribution in [0, 0.1) is 13.8 Å². The van der Waals surface area contributed by atoms with Crippen molar-refractivity contribution < 1.29 is 5.79 Å². The Kier molecular flexibility index (Phi) is 3.05. The molecule has 3 aromatic rings. The number of aryl methyl sites for hydroxylation is 2. The number of pyridine rings is 1. The molecule has 0 amide bonds. The number of rotatable bonds is 2.